The number of rotatable bonds is 5. The van der Waals surface area contributed by atoms with Crippen LogP contribution in [0.3, 0.4) is 0 Å². The second-order valence-electron chi connectivity index (χ2n) is 8.42. The van der Waals surface area contributed by atoms with Crippen molar-refractivity contribution in [1.29, 1.82) is 0 Å². The molecule has 0 bridgehead atoms. The van der Waals surface area contributed by atoms with Gasteiger partial charge in [-0.05, 0) is 76.3 Å². The summed E-state index contributed by atoms with van der Waals surface area (Å²) in [6, 6.07) is 8.89. The molecule has 0 radical (unpaired) electrons. The molecule has 0 aliphatic carbocycles. The van der Waals surface area contributed by atoms with Crippen LogP contribution in [0.2, 0.25) is 0 Å². The number of benzene rings is 1. The number of anilines is 1. The van der Waals surface area contributed by atoms with Gasteiger partial charge in [-0.25, -0.2) is 19.3 Å². The van der Waals surface area contributed by atoms with Crippen molar-refractivity contribution in [3.63, 3.8) is 0 Å². The Kier molecular flexibility index (Phi) is 5.93. The number of nitrogens with one attached hydrogen (secondary N) is 2. The molecule has 2 aliphatic heterocycles. The molecular formula is C23H27FN6S. The van der Waals surface area contributed by atoms with Gasteiger partial charge in [-0.15, -0.1) is 11.3 Å². The number of likely N-dealkylation sites (N-methyl/N-ethyl adjacent to an activating group) is 1. The van der Waals surface area contributed by atoms with Gasteiger partial charge in [-0.3, -0.25) is 0 Å². The summed E-state index contributed by atoms with van der Waals surface area (Å²) in [5, 5.41) is 8.04. The Morgan fingerprint density at radius 1 is 1.10 bits per heavy atom. The molecule has 2 aromatic heterocycles. The zero-order valence-electron chi connectivity index (χ0n) is 17.6. The van der Waals surface area contributed by atoms with Gasteiger partial charge in [-0.1, -0.05) is 0 Å². The molecular weight excluding hydrogens is 411 g/mol. The molecule has 0 saturated carbocycles. The molecule has 8 heteroatoms. The number of piperidine rings is 1. The van der Waals surface area contributed by atoms with Crippen LogP contribution < -0.4 is 10.6 Å². The summed E-state index contributed by atoms with van der Waals surface area (Å²) >= 11 is 1.71. The van der Waals surface area contributed by atoms with Crippen molar-refractivity contribution >= 4 is 17.3 Å². The zero-order valence-corrected chi connectivity index (χ0v) is 18.5. The number of likely N-dealkylation sites (tertiary alicyclic amines) is 1. The highest BCUT2D eigenvalue weighted by molar-refractivity contribution is 7.15. The summed E-state index contributed by atoms with van der Waals surface area (Å²) in [6.45, 7) is 4.11. The van der Waals surface area contributed by atoms with Crippen molar-refractivity contribution in [2.24, 2.45) is 0 Å². The second-order valence-corrected chi connectivity index (χ2v) is 9.45. The standard InChI is InChI=1S/C23H27FN6S/c1-30-13-9-18(14-30)27-23-26-12-8-19(28-23)21-20(15-2-4-17(24)5-3-15)29-22(31-21)16-6-10-25-11-7-16/h2-5,8,12,16,18,25H,6-7,9-11,13-14H2,1H3,(H,26,27,28). The first-order valence-electron chi connectivity index (χ1n) is 10.9. The SMILES string of the molecule is CN1CCC(Nc2nccc(-c3sc(C4CCNCC4)nc3-c3ccc(F)cc3)n2)C1. The maximum absolute atomic E-state index is 13.5. The Hall–Kier alpha value is -2.42. The van der Waals surface area contributed by atoms with Gasteiger partial charge in [0.2, 0.25) is 5.95 Å². The molecule has 6 nitrogen and oxygen atoms in total. The van der Waals surface area contributed by atoms with Crippen molar-refractivity contribution in [3.8, 4) is 21.8 Å². The first-order chi connectivity index (χ1) is 15.2. The van der Waals surface area contributed by atoms with E-state index in [-0.39, 0.29) is 5.82 Å². The largest absolute Gasteiger partial charge is 0.350 e. The van der Waals surface area contributed by atoms with Gasteiger partial charge >= 0.3 is 0 Å². The van der Waals surface area contributed by atoms with Crippen molar-refractivity contribution in [2.75, 3.05) is 38.5 Å². The normalized spacial score (nSPS) is 20.3. The quantitative estimate of drug-likeness (QED) is 0.628. The van der Waals surface area contributed by atoms with E-state index in [0.717, 1.165) is 72.3 Å². The number of thiazole rings is 1. The molecule has 1 atom stereocenters. The molecule has 0 amide bonds. The highest BCUT2D eigenvalue weighted by atomic mass is 32.1. The monoisotopic (exact) mass is 438 g/mol. The van der Waals surface area contributed by atoms with Crippen LogP contribution in [0.1, 0.15) is 30.2 Å². The average Bonchev–Trinajstić information content (AvgIpc) is 3.42. The predicted molar refractivity (Wildman–Crippen MR) is 123 cm³/mol. The van der Waals surface area contributed by atoms with Crippen LogP contribution in [0.4, 0.5) is 10.3 Å². The summed E-state index contributed by atoms with van der Waals surface area (Å²) in [5.41, 5.74) is 2.66. The van der Waals surface area contributed by atoms with E-state index in [1.54, 1.807) is 23.5 Å². The third-order valence-electron chi connectivity index (χ3n) is 6.06. The molecule has 2 saturated heterocycles. The maximum atomic E-state index is 13.5. The average molecular weight is 439 g/mol. The summed E-state index contributed by atoms with van der Waals surface area (Å²) in [5.74, 6) is 0.862. The summed E-state index contributed by atoms with van der Waals surface area (Å²) in [4.78, 5) is 17.7. The number of hydrogen-bond donors (Lipinski definition) is 2. The Morgan fingerprint density at radius 2 is 1.90 bits per heavy atom. The molecule has 2 aliphatic rings. The number of hydrogen-bond acceptors (Lipinski definition) is 7. The molecule has 3 aromatic rings. The van der Waals surface area contributed by atoms with Crippen LogP contribution >= 0.6 is 11.3 Å². The van der Waals surface area contributed by atoms with Crippen molar-refractivity contribution in [3.05, 3.63) is 47.4 Å². The van der Waals surface area contributed by atoms with Crippen LogP contribution in [0.5, 0.6) is 0 Å². The van der Waals surface area contributed by atoms with Crippen molar-refractivity contribution in [2.45, 2.75) is 31.2 Å². The molecule has 1 aromatic carbocycles. The van der Waals surface area contributed by atoms with E-state index in [4.69, 9.17) is 9.97 Å². The Bertz CT molecular complexity index is 1030. The van der Waals surface area contributed by atoms with Gasteiger partial charge in [0.1, 0.15) is 5.82 Å². The van der Waals surface area contributed by atoms with Gasteiger partial charge < -0.3 is 15.5 Å². The molecule has 2 N–H and O–H groups in total. The third kappa shape index (κ3) is 4.61. The lowest BCUT2D eigenvalue weighted by atomic mass is 9.99. The van der Waals surface area contributed by atoms with E-state index in [2.05, 4.69) is 27.6 Å². The van der Waals surface area contributed by atoms with Gasteiger partial charge in [0.15, 0.2) is 0 Å². The molecule has 1 unspecified atom stereocenters. The molecule has 0 spiro atoms. The van der Waals surface area contributed by atoms with Gasteiger partial charge in [0.25, 0.3) is 0 Å². The van der Waals surface area contributed by atoms with Gasteiger partial charge in [-0.2, -0.15) is 0 Å². The minimum atomic E-state index is -0.242. The molecule has 31 heavy (non-hydrogen) atoms. The smallest absolute Gasteiger partial charge is 0.223 e. The number of nitrogens with zero attached hydrogens (tertiary/aromatic N) is 4. The Balaban J connectivity index is 1.50. The van der Waals surface area contributed by atoms with Gasteiger partial charge in [0, 0.05) is 30.3 Å². The van der Waals surface area contributed by atoms with Crippen LogP contribution in [0, 0.1) is 5.82 Å². The fourth-order valence-corrected chi connectivity index (χ4v) is 5.57. The Morgan fingerprint density at radius 3 is 2.65 bits per heavy atom. The fourth-order valence-electron chi connectivity index (χ4n) is 4.35. The topological polar surface area (TPSA) is 66.0 Å². The summed E-state index contributed by atoms with van der Waals surface area (Å²) < 4.78 is 13.5. The molecule has 4 heterocycles. The van der Waals surface area contributed by atoms with Crippen LogP contribution in [-0.2, 0) is 0 Å². The summed E-state index contributed by atoms with van der Waals surface area (Å²) in [7, 11) is 2.13. The van der Waals surface area contributed by atoms with Crippen molar-refractivity contribution < 1.29 is 4.39 Å². The number of aromatic nitrogens is 3. The van der Waals surface area contributed by atoms with Gasteiger partial charge in [0.05, 0.1) is 21.3 Å². The summed E-state index contributed by atoms with van der Waals surface area (Å²) in [6.07, 6.45) is 5.07. The van der Waals surface area contributed by atoms with Crippen LogP contribution in [0.15, 0.2) is 36.5 Å². The first-order valence-corrected chi connectivity index (χ1v) is 11.7. The third-order valence-corrected chi connectivity index (χ3v) is 7.30. The van der Waals surface area contributed by atoms with E-state index in [0.29, 0.717) is 17.9 Å². The van der Waals surface area contributed by atoms with Crippen LogP contribution in [0.25, 0.3) is 21.8 Å². The minimum absolute atomic E-state index is 0.242. The first kappa shape index (κ1) is 20.5. The highest BCUT2D eigenvalue weighted by Crippen LogP contribution is 2.40. The van der Waals surface area contributed by atoms with E-state index in [1.807, 2.05) is 12.3 Å². The maximum Gasteiger partial charge on any atom is 0.223 e. The molecule has 162 valence electrons. The predicted octanol–water partition coefficient (Wildman–Crippen LogP) is 3.99. The van der Waals surface area contributed by atoms with E-state index >= 15 is 0 Å². The lowest BCUT2D eigenvalue weighted by molar-refractivity contribution is 0.414. The fraction of sp³-hybridized carbons (Fsp3) is 0.435. The minimum Gasteiger partial charge on any atom is -0.350 e. The zero-order chi connectivity index (χ0) is 21.2. The molecule has 2 fully saturated rings. The van der Waals surface area contributed by atoms with E-state index < -0.39 is 0 Å². The number of halogens is 1. The lowest BCUT2D eigenvalue weighted by Crippen LogP contribution is -2.26. The van der Waals surface area contributed by atoms with E-state index in [9.17, 15) is 4.39 Å². The van der Waals surface area contributed by atoms with E-state index in [1.165, 1.54) is 12.1 Å². The highest BCUT2D eigenvalue weighted by Gasteiger charge is 2.24. The molecule has 5 rings (SSSR count). The lowest BCUT2D eigenvalue weighted by Gasteiger charge is -2.20. The Labute approximate surface area is 186 Å². The van der Waals surface area contributed by atoms with Crippen LogP contribution in [-0.4, -0.2) is 59.1 Å². The second kappa shape index (κ2) is 8.98. The van der Waals surface area contributed by atoms with Crippen molar-refractivity contribution in [1.82, 2.24) is 25.2 Å².